The number of aryl methyl sites for hydroxylation is 2. The van der Waals surface area contributed by atoms with Gasteiger partial charge in [0, 0.05) is 11.8 Å². The molecule has 0 amide bonds. The third-order valence-corrected chi connectivity index (χ3v) is 3.25. The molecule has 3 N–H and O–H groups in total. The number of nitrogens with two attached hydrogens (primary N) is 1. The Bertz CT molecular complexity index is 576. The van der Waals surface area contributed by atoms with Crippen LogP contribution in [0, 0.1) is 13.8 Å². The predicted octanol–water partition coefficient (Wildman–Crippen LogP) is 2.37. The Hall–Kier alpha value is -2.07. The molecule has 4 nitrogen and oxygen atoms in total. The zero-order valence-electron chi connectivity index (χ0n) is 11.3. The van der Waals surface area contributed by atoms with Gasteiger partial charge in [0.15, 0.2) is 0 Å². The predicted molar refractivity (Wildman–Crippen MR) is 75.2 cm³/mol. The summed E-state index contributed by atoms with van der Waals surface area (Å²) >= 11 is 0. The summed E-state index contributed by atoms with van der Waals surface area (Å²) in [4.78, 5) is 4.04. The number of anilines is 1. The van der Waals surface area contributed by atoms with Gasteiger partial charge in [-0.2, -0.15) is 0 Å². The lowest BCUT2D eigenvalue weighted by molar-refractivity contribution is 0.219. The molecule has 0 saturated heterocycles. The molecule has 1 aromatic carbocycles. The summed E-state index contributed by atoms with van der Waals surface area (Å²) in [6.07, 6.45) is 0.860. The molecule has 1 atom stereocenters. The molecular formula is C15H18N2O2. The second kappa shape index (κ2) is 5.28. The first-order valence-corrected chi connectivity index (χ1v) is 6.08. The summed E-state index contributed by atoms with van der Waals surface area (Å²) in [7, 11) is 1.63. The molecule has 0 aliphatic heterocycles. The van der Waals surface area contributed by atoms with Gasteiger partial charge in [-0.05, 0) is 48.7 Å². The minimum absolute atomic E-state index is 0.362. The number of ether oxygens (including phenoxy) is 1. The summed E-state index contributed by atoms with van der Waals surface area (Å²) in [6, 6.07) is 7.42. The molecule has 0 saturated carbocycles. The first-order valence-electron chi connectivity index (χ1n) is 6.08. The average Bonchev–Trinajstić information content (AvgIpc) is 2.38. The van der Waals surface area contributed by atoms with Crippen LogP contribution < -0.4 is 10.5 Å². The third-order valence-electron chi connectivity index (χ3n) is 3.25. The van der Waals surface area contributed by atoms with Gasteiger partial charge in [0.25, 0.3) is 0 Å². The highest BCUT2D eigenvalue weighted by Crippen LogP contribution is 2.30. The molecule has 0 aliphatic carbocycles. The molecule has 19 heavy (non-hydrogen) atoms. The van der Waals surface area contributed by atoms with E-state index in [0.717, 1.165) is 22.4 Å². The minimum Gasteiger partial charge on any atom is -0.496 e. The number of hydrogen-bond acceptors (Lipinski definition) is 4. The van der Waals surface area contributed by atoms with Gasteiger partial charge in [0.05, 0.1) is 7.11 Å². The van der Waals surface area contributed by atoms with Crippen molar-refractivity contribution in [1.29, 1.82) is 0 Å². The van der Waals surface area contributed by atoms with E-state index < -0.39 is 6.10 Å². The quantitative estimate of drug-likeness (QED) is 0.886. The fourth-order valence-electron chi connectivity index (χ4n) is 2.18. The number of hydrogen-bond donors (Lipinski definition) is 2. The normalized spacial score (nSPS) is 12.2. The van der Waals surface area contributed by atoms with Crippen molar-refractivity contribution in [2.75, 3.05) is 12.8 Å². The van der Waals surface area contributed by atoms with E-state index in [9.17, 15) is 5.11 Å². The van der Waals surface area contributed by atoms with E-state index in [1.165, 1.54) is 0 Å². The van der Waals surface area contributed by atoms with Gasteiger partial charge in [-0.3, -0.25) is 0 Å². The summed E-state index contributed by atoms with van der Waals surface area (Å²) in [6.45, 7) is 3.85. The fraction of sp³-hybridized carbons (Fsp3) is 0.267. The Morgan fingerprint density at radius 1 is 1.21 bits per heavy atom. The van der Waals surface area contributed by atoms with Crippen molar-refractivity contribution >= 4 is 5.82 Å². The van der Waals surface area contributed by atoms with Crippen LogP contribution in [0.3, 0.4) is 0 Å². The Labute approximate surface area is 112 Å². The minimum atomic E-state index is -0.779. The third kappa shape index (κ3) is 2.53. The highest BCUT2D eigenvalue weighted by molar-refractivity contribution is 5.50. The van der Waals surface area contributed by atoms with Crippen molar-refractivity contribution in [1.82, 2.24) is 4.98 Å². The van der Waals surface area contributed by atoms with Gasteiger partial charge >= 0.3 is 0 Å². The summed E-state index contributed by atoms with van der Waals surface area (Å²) < 4.78 is 5.21. The SMILES string of the molecule is COc1ccc(C(O)c2c(C)ccnc2N)cc1C. The van der Waals surface area contributed by atoms with Gasteiger partial charge in [-0.15, -0.1) is 0 Å². The second-order valence-electron chi connectivity index (χ2n) is 4.56. The zero-order valence-corrected chi connectivity index (χ0v) is 11.3. The first kappa shape index (κ1) is 13.4. The molecule has 2 aromatic rings. The fourth-order valence-corrected chi connectivity index (χ4v) is 2.18. The van der Waals surface area contributed by atoms with E-state index in [1.54, 1.807) is 13.3 Å². The van der Waals surface area contributed by atoms with E-state index >= 15 is 0 Å². The van der Waals surface area contributed by atoms with Crippen LogP contribution in [0.1, 0.15) is 28.4 Å². The van der Waals surface area contributed by atoms with Crippen molar-refractivity contribution in [3.8, 4) is 5.75 Å². The van der Waals surface area contributed by atoms with Crippen molar-refractivity contribution in [2.24, 2.45) is 0 Å². The van der Waals surface area contributed by atoms with Crippen LogP contribution in [0.5, 0.6) is 5.75 Å². The number of nitrogens with zero attached hydrogens (tertiary/aromatic N) is 1. The lowest BCUT2D eigenvalue weighted by atomic mass is 9.97. The van der Waals surface area contributed by atoms with Crippen molar-refractivity contribution < 1.29 is 9.84 Å². The lowest BCUT2D eigenvalue weighted by Gasteiger charge is -2.17. The highest BCUT2D eigenvalue weighted by Gasteiger charge is 2.17. The molecule has 0 aliphatic rings. The first-order chi connectivity index (χ1) is 9.04. The number of aliphatic hydroxyl groups is 1. The smallest absolute Gasteiger partial charge is 0.129 e. The summed E-state index contributed by atoms with van der Waals surface area (Å²) in [5.74, 6) is 1.16. The molecule has 1 unspecified atom stereocenters. The molecule has 0 radical (unpaired) electrons. The summed E-state index contributed by atoms with van der Waals surface area (Å²) in [5.41, 5.74) is 9.19. The number of aromatic nitrogens is 1. The molecule has 100 valence electrons. The van der Waals surface area contributed by atoms with Crippen molar-refractivity contribution in [3.63, 3.8) is 0 Å². The van der Waals surface area contributed by atoms with E-state index in [1.807, 2.05) is 38.1 Å². The Morgan fingerprint density at radius 2 is 1.95 bits per heavy atom. The number of pyridine rings is 1. The molecular weight excluding hydrogens is 240 g/mol. The maximum absolute atomic E-state index is 10.5. The van der Waals surface area contributed by atoms with Gasteiger partial charge in [-0.1, -0.05) is 6.07 Å². The molecule has 2 rings (SSSR count). The van der Waals surface area contributed by atoms with Crippen LogP contribution in [-0.2, 0) is 0 Å². The number of aliphatic hydroxyl groups excluding tert-OH is 1. The van der Waals surface area contributed by atoms with Gasteiger partial charge in [0.1, 0.15) is 17.7 Å². The molecule has 4 heteroatoms. The van der Waals surface area contributed by atoms with Gasteiger partial charge in [-0.25, -0.2) is 4.98 Å². The number of rotatable bonds is 3. The Balaban J connectivity index is 2.44. The van der Waals surface area contributed by atoms with Crippen molar-refractivity contribution in [2.45, 2.75) is 20.0 Å². The van der Waals surface area contributed by atoms with E-state index in [2.05, 4.69) is 4.98 Å². The summed E-state index contributed by atoms with van der Waals surface area (Å²) in [5, 5.41) is 10.5. The van der Waals surface area contributed by atoms with Crippen LogP contribution in [0.15, 0.2) is 30.5 Å². The maximum atomic E-state index is 10.5. The van der Waals surface area contributed by atoms with Gasteiger partial charge < -0.3 is 15.6 Å². The van der Waals surface area contributed by atoms with Crippen LogP contribution in [0.2, 0.25) is 0 Å². The molecule has 0 fully saturated rings. The molecule has 0 spiro atoms. The lowest BCUT2D eigenvalue weighted by Crippen LogP contribution is -2.08. The van der Waals surface area contributed by atoms with Crippen molar-refractivity contribution in [3.05, 3.63) is 52.7 Å². The van der Waals surface area contributed by atoms with Crippen LogP contribution in [0.4, 0.5) is 5.82 Å². The van der Waals surface area contributed by atoms with E-state index in [4.69, 9.17) is 10.5 Å². The van der Waals surface area contributed by atoms with Gasteiger partial charge in [0.2, 0.25) is 0 Å². The monoisotopic (exact) mass is 258 g/mol. The molecule has 1 heterocycles. The van der Waals surface area contributed by atoms with E-state index in [0.29, 0.717) is 11.4 Å². The van der Waals surface area contributed by atoms with Crippen LogP contribution >= 0.6 is 0 Å². The molecule has 0 bridgehead atoms. The molecule has 1 aromatic heterocycles. The zero-order chi connectivity index (χ0) is 14.0. The van der Waals surface area contributed by atoms with E-state index in [-0.39, 0.29) is 0 Å². The number of benzene rings is 1. The highest BCUT2D eigenvalue weighted by atomic mass is 16.5. The largest absolute Gasteiger partial charge is 0.496 e. The standard InChI is InChI=1S/C15H18N2O2/c1-9-6-7-17-15(16)13(9)14(18)11-4-5-12(19-3)10(2)8-11/h4-8,14,18H,1-3H3,(H2,16,17). The van der Waals surface area contributed by atoms with Crippen LogP contribution in [0.25, 0.3) is 0 Å². The number of methoxy groups -OCH3 is 1. The second-order valence-corrected chi connectivity index (χ2v) is 4.56. The number of nitrogen functional groups attached to an aromatic ring is 1. The Kier molecular flexibility index (Phi) is 3.71. The average molecular weight is 258 g/mol. The Morgan fingerprint density at radius 3 is 2.53 bits per heavy atom. The topological polar surface area (TPSA) is 68.4 Å². The maximum Gasteiger partial charge on any atom is 0.129 e. The van der Waals surface area contributed by atoms with Crippen LogP contribution in [-0.4, -0.2) is 17.2 Å².